The Bertz CT molecular complexity index is 453. The van der Waals surface area contributed by atoms with Crippen molar-refractivity contribution in [3.05, 3.63) is 53.6 Å². The van der Waals surface area contributed by atoms with Gasteiger partial charge in [-0.15, -0.1) is 0 Å². The molecule has 2 aromatic carbocycles. The largest absolute Gasteiger partial charge is 0.508 e. The van der Waals surface area contributed by atoms with Crippen molar-refractivity contribution in [1.29, 1.82) is 0 Å². The normalized spacial score (nSPS) is 10.2. The Labute approximate surface area is 97.7 Å². The van der Waals surface area contributed by atoms with Crippen molar-refractivity contribution in [2.24, 2.45) is 0 Å². The first-order valence-electron chi connectivity index (χ1n) is 4.46. The van der Waals surface area contributed by atoms with Gasteiger partial charge >= 0.3 is 0 Å². The molecule has 2 aromatic rings. The molecule has 0 spiro atoms. The number of benzene rings is 2. The summed E-state index contributed by atoms with van der Waals surface area (Å²) in [5.41, 5.74) is 0. The maximum atomic E-state index is 9.14. The van der Waals surface area contributed by atoms with Crippen LogP contribution in [0.15, 0.2) is 58.3 Å². The van der Waals surface area contributed by atoms with E-state index in [4.69, 9.17) is 16.7 Å². The molecule has 0 amide bonds. The van der Waals surface area contributed by atoms with Gasteiger partial charge in [0.1, 0.15) is 5.75 Å². The predicted octanol–water partition coefficient (Wildman–Crippen LogP) is 4.20. The number of halogens is 1. The van der Waals surface area contributed by atoms with Crippen LogP contribution in [0.4, 0.5) is 0 Å². The third-order valence-corrected chi connectivity index (χ3v) is 3.10. The molecule has 0 atom stereocenters. The molecule has 0 aliphatic rings. The van der Waals surface area contributed by atoms with Crippen LogP contribution in [0.25, 0.3) is 0 Å². The van der Waals surface area contributed by atoms with Crippen LogP contribution in [-0.2, 0) is 0 Å². The predicted molar refractivity (Wildman–Crippen MR) is 63.7 cm³/mol. The van der Waals surface area contributed by atoms with Crippen LogP contribution in [0, 0.1) is 0 Å². The number of aromatic hydroxyl groups is 1. The zero-order valence-corrected chi connectivity index (χ0v) is 9.42. The molecule has 0 aliphatic heterocycles. The highest BCUT2D eigenvalue weighted by molar-refractivity contribution is 7.99. The van der Waals surface area contributed by atoms with Gasteiger partial charge in [0, 0.05) is 14.8 Å². The summed E-state index contributed by atoms with van der Waals surface area (Å²) in [5, 5.41) is 9.87. The van der Waals surface area contributed by atoms with Gasteiger partial charge in [-0.2, -0.15) is 0 Å². The highest BCUT2D eigenvalue weighted by atomic mass is 35.5. The number of phenolic OH excluding ortho intramolecular Hbond substituents is 1. The van der Waals surface area contributed by atoms with E-state index in [0.717, 1.165) is 14.8 Å². The SMILES string of the molecule is Oc1ccc(Sc2cccc(Cl)c2)cc1. The lowest BCUT2D eigenvalue weighted by Crippen LogP contribution is -1.73. The van der Waals surface area contributed by atoms with Gasteiger partial charge in [0.25, 0.3) is 0 Å². The van der Waals surface area contributed by atoms with Crippen LogP contribution in [0.1, 0.15) is 0 Å². The first-order chi connectivity index (χ1) is 7.24. The Hall–Kier alpha value is -1.12. The first kappa shape index (κ1) is 10.4. The first-order valence-corrected chi connectivity index (χ1v) is 5.66. The third kappa shape index (κ3) is 2.91. The van der Waals surface area contributed by atoms with Gasteiger partial charge in [0.15, 0.2) is 0 Å². The highest BCUT2D eigenvalue weighted by Crippen LogP contribution is 2.30. The fourth-order valence-corrected chi connectivity index (χ4v) is 2.31. The minimum atomic E-state index is 0.283. The monoisotopic (exact) mass is 236 g/mol. The van der Waals surface area contributed by atoms with Gasteiger partial charge in [-0.05, 0) is 42.5 Å². The van der Waals surface area contributed by atoms with E-state index in [-0.39, 0.29) is 5.75 Å². The standard InChI is InChI=1S/C12H9ClOS/c13-9-2-1-3-12(8-9)15-11-6-4-10(14)5-7-11/h1-8,14H. The van der Waals surface area contributed by atoms with Crippen molar-refractivity contribution in [1.82, 2.24) is 0 Å². The fraction of sp³-hybridized carbons (Fsp3) is 0. The number of phenols is 1. The van der Waals surface area contributed by atoms with E-state index in [2.05, 4.69) is 0 Å². The molecule has 0 heterocycles. The Morgan fingerprint density at radius 3 is 2.33 bits per heavy atom. The number of hydrogen-bond donors (Lipinski definition) is 1. The average Bonchev–Trinajstić information content (AvgIpc) is 2.22. The Kier molecular flexibility index (Phi) is 3.19. The molecular formula is C12H9ClOS. The van der Waals surface area contributed by atoms with E-state index < -0.39 is 0 Å². The molecule has 0 radical (unpaired) electrons. The molecule has 2 rings (SSSR count). The van der Waals surface area contributed by atoms with Crippen molar-refractivity contribution in [3.63, 3.8) is 0 Å². The minimum absolute atomic E-state index is 0.283. The van der Waals surface area contributed by atoms with Gasteiger partial charge in [0.05, 0.1) is 0 Å². The number of hydrogen-bond acceptors (Lipinski definition) is 2. The Morgan fingerprint density at radius 1 is 0.933 bits per heavy atom. The summed E-state index contributed by atoms with van der Waals surface area (Å²) in [6, 6.07) is 14.8. The van der Waals surface area contributed by atoms with Crippen LogP contribution in [0.3, 0.4) is 0 Å². The van der Waals surface area contributed by atoms with Gasteiger partial charge in [-0.1, -0.05) is 29.4 Å². The Morgan fingerprint density at radius 2 is 1.67 bits per heavy atom. The molecule has 0 fully saturated rings. The topological polar surface area (TPSA) is 20.2 Å². The minimum Gasteiger partial charge on any atom is -0.508 e. The lowest BCUT2D eigenvalue weighted by atomic mass is 10.3. The van der Waals surface area contributed by atoms with Gasteiger partial charge in [-0.25, -0.2) is 0 Å². The van der Waals surface area contributed by atoms with Gasteiger partial charge in [0.2, 0.25) is 0 Å². The molecule has 76 valence electrons. The smallest absolute Gasteiger partial charge is 0.115 e. The molecule has 3 heteroatoms. The second-order valence-electron chi connectivity index (χ2n) is 3.05. The molecule has 0 saturated heterocycles. The lowest BCUT2D eigenvalue weighted by molar-refractivity contribution is 0.475. The summed E-state index contributed by atoms with van der Waals surface area (Å²) in [7, 11) is 0. The van der Waals surface area contributed by atoms with Crippen LogP contribution < -0.4 is 0 Å². The molecule has 0 aliphatic carbocycles. The van der Waals surface area contributed by atoms with Gasteiger partial charge < -0.3 is 5.11 Å². The third-order valence-electron chi connectivity index (χ3n) is 1.87. The highest BCUT2D eigenvalue weighted by Gasteiger charge is 1.98. The molecule has 1 nitrogen and oxygen atoms in total. The Balaban J connectivity index is 2.18. The quantitative estimate of drug-likeness (QED) is 0.844. The van der Waals surface area contributed by atoms with E-state index in [1.807, 2.05) is 36.4 Å². The zero-order valence-electron chi connectivity index (χ0n) is 7.85. The van der Waals surface area contributed by atoms with E-state index in [9.17, 15) is 0 Å². The summed E-state index contributed by atoms with van der Waals surface area (Å²) < 4.78 is 0. The van der Waals surface area contributed by atoms with Crippen LogP contribution in [0.5, 0.6) is 5.75 Å². The van der Waals surface area contributed by atoms with E-state index in [1.54, 1.807) is 23.9 Å². The maximum absolute atomic E-state index is 9.14. The number of rotatable bonds is 2. The van der Waals surface area contributed by atoms with E-state index in [1.165, 1.54) is 0 Å². The zero-order chi connectivity index (χ0) is 10.7. The maximum Gasteiger partial charge on any atom is 0.115 e. The molecule has 0 bridgehead atoms. The van der Waals surface area contributed by atoms with Crippen molar-refractivity contribution >= 4 is 23.4 Å². The van der Waals surface area contributed by atoms with E-state index in [0.29, 0.717) is 0 Å². The van der Waals surface area contributed by atoms with E-state index >= 15 is 0 Å². The van der Waals surface area contributed by atoms with Crippen molar-refractivity contribution in [2.75, 3.05) is 0 Å². The van der Waals surface area contributed by atoms with Gasteiger partial charge in [-0.3, -0.25) is 0 Å². The molecule has 0 unspecified atom stereocenters. The summed E-state index contributed by atoms with van der Waals surface area (Å²) in [5.74, 6) is 0.283. The summed E-state index contributed by atoms with van der Waals surface area (Å²) in [4.78, 5) is 2.17. The van der Waals surface area contributed by atoms with Crippen LogP contribution >= 0.6 is 23.4 Å². The second-order valence-corrected chi connectivity index (χ2v) is 4.64. The average molecular weight is 237 g/mol. The van der Waals surface area contributed by atoms with Crippen LogP contribution in [0.2, 0.25) is 5.02 Å². The molecular weight excluding hydrogens is 228 g/mol. The van der Waals surface area contributed by atoms with Crippen molar-refractivity contribution in [2.45, 2.75) is 9.79 Å². The summed E-state index contributed by atoms with van der Waals surface area (Å²) >= 11 is 7.50. The van der Waals surface area contributed by atoms with Crippen molar-refractivity contribution < 1.29 is 5.11 Å². The molecule has 15 heavy (non-hydrogen) atoms. The lowest BCUT2D eigenvalue weighted by Gasteiger charge is -2.01. The second kappa shape index (κ2) is 4.60. The molecule has 1 N–H and O–H groups in total. The molecule has 0 saturated carbocycles. The summed E-state index contributed by atoms with van der Waals surface area (Å²) in [6.07, 6.45) is 0. The molecule has 0 aromatic heterocycles. The summed E-state index contributed by atoms with van der Waals surface area (Å²) in [6.45, 7) is 0. The fourth-order valence-electron chi connectivity index (χ4n) is 1.18. The van der Waals surface area contributed by atoms with Crippen LogP contribution in [-0.4, -0.2) is 5.11 Å². The van der Waals surface area contributed by atoms with Crippen molar-refractivity contribution in [3.8, 4) is 5.75 Å².